The standard InChI is InChI=1S/C37H48N4O14S/c1-18(2)10-11-20-15-21(16-22(27(20)43)17-41(6)25(42)9-8-14-56(39,49)50)33(46)40-26-28(44)23-12-13-24(19(3)30(23)53-34(26)47)52-35-29(45)31(54-36(38)48)32(51-7)37(4,5)55-35/h10,12-13,15-16,29,31-32,35,43-45H,8-9,11,14,17H2,1-7H3,(H2,38,48)(H,40,46)(H2,39,49,50)/t29-,31+,32-,35-/m1/s1. The third-order valence-corrected chi connectivity index (χ3v) is 10.0. The van der Waals surface area contributed by atoms with Crippen molar-refractivity contribution in [2.45, 2.75) is 90.6 Å². The number of carbonyl (C=O) groups is 3. The molecule has 1 aromatic heterocycles. The van der Waals surface area contributed by atoms with Gasteiger partial charge in [0.2, 0.25) is 22.2 Å². The van der Waals surface area contributed by atoms with Gasteiger partial charge in [-0.1, -0.05) is 11.6 Å². The zero-order valence-corrected chi connectivity index (χ0v) is 32.9. The van der Waals surface area contributed by atoms with E-state index >= 15 is 0 Å². The zero-order chi connectivity index (χ0) is 41.9. The fourth-order valence-electron chi connectivity index (χ4n) is 6.30. The molecule has 0 aliphatic carbocycles. The number of ether oxygens (including phenoxy) is 4. The molecule has 3 aromatic rings. The first kappa shape index (κ1) is 43.5. The predicted octanol–water partition coefficient (Wildman–Crippen LogP) is 2.65. The number of aryl methyl sites for hydroxylation is 1. The van der Waals surface area contributed by atoms with Crippen LogP contribution in [0.2, 0.25) is 0 Å². The molecule has 2 heterocycles. The molecule has 1 fully saturated rings. The average Bonchev–Trinajstić information content (AvgIpc) is 3.09. The molecule has 0 bridgehead atoms. The molecule has 306 valence electrons. The summed E-state index contributed by atoms with van der Waals surface area (Å²) in [7, 11) is -0.956. The molecule has 56 heavy (non-hydrogen) atoms. The molecule has 0 unspecified atom stereocenters. The predicted molar refractivity (Wildman–Crippen MR) is 203 cm³/mol. The fraction of sp³-hybridized carbons (Fsp3) is 0.459. The average molecular weight is 805 g/mol. The number of aromatic hydroxyl groups is 2. The first-order chi connectivity index (χ1) is 26.0. The maximum atomic E-state index is 13.7. The maximum Gasteiger partial charge on any atom is 0.404 e. The van der Waals surface area contributed by atoms with Crippen molar-refractivity contribution in [2.24, 2.45) is 10.9 Å². The van der Waals surface area contributed by atoms with Crippen molar-refractivity contribution < 1.29 is 61.5 Å². The summed E-state index contributed by atoms with van der Waals surface area (Å²) < 4.78 is 50.6. The lowest BCUT2D eigenvalue weighted by Gasteiger charge is -2.47. The van der Waals surface area contributed by atoms with E-state index in [1.165, 1.54) is 50.2 Å². The Morgan fingerprint density at radius 3 is 2.38 bits per heavy atom. The number of nitrogens with two attached hydrogens (primary N) is 2. The number of nitrogens with zero attached hydrogens (tertiary/aromatic N) is 1. The minimum Gasteiger partial charge on any atom is -0.507 e. The molecule has 3 amide bonds. The number of amides is 3. The number of anilines is 1. The highest BCUT2D eigenvalue weighted by molar-refractivity contribution is 7.89. The number of aliphatic hydroxyl groups is 1. The van der Waals surface area contributed by atoms with Gasteiger partial charge in [-0.05, 0) is 77.3 Å². The zero-order valence-electron chi connectivity index (χ0n) is 32.1. The molecule has 18 nitrogen and oxygen atoms in total. The highest BCUT2D eigenvalue weighted by atomic mass is 32.2. The van der Waals surface area contributed by atoms with E-state index in [-0.39, 0.29) is 70.7 Å². The van der Waals surface area contributed by atoms with Crippen molar-refractivity contribution >= 4 is 44.6 Å². The summed E-state index contributed by atoms with van der Waals surface area (Å²) in [6.45, 7) is 8.33. The van der Waals surface area contributed by atoms with Gasteiger partial charge in [-0.2, -0.15) is 0 Å². The smallest absolute Gasteiger partial charge is 0.404 e. The summed E-state index contributed by atoms with van der Waals surface area (Å²) in [4.78, 5) is 52.6. The van der Waals surface area contributed by atoms with E-state index in [0.29, 0.717) is 5.56 Å². The van der Waals surface area contributed by atoms with E-state index in [9.17, 15) is 42.9 Å². The summed E-state index contributed by atoms with van der Waals surface area (Å²) in [6, 6.07) is 5.50. The number of sulfonamides is 1. The van der Waals surface area contributed by atoms with E-state index in [0.717, 1.165) is 5.57 Å². The van der Waals surface area contributed by atoms with Crippen LogP contribution in [0.1, 0.15) is 67.6 Å². The third-order valence-electron chi connectivity index (χ3n) is 9.17. The topological polar surface area (TPSA) is 280 Å². The summed E-state index contributed by atoms with van der Waals surface area (Å²) in [5, 5.41) is 40.9. The van der Waals surface area contributed by atoms with Crippen LogP contribution in [0.5, 0.6) is 17.2 Å². The van der Waals surface area contributed by atoms with Crippen LogP contribution in [0, 0.1) is 6.92 Å². The van der Waals surface area contributed by atoms with Gasteiger partial charge in [-0.15, -0.1) is 0 Å². The first-order valence-corrected chi connectivity index (χ1v) is 19.1. The Balaban J connectivity index is 1.64. The van der Waals surface area contributed by atoms with Gasteiger partial charge in [0.15, 0.2) is 23.6 Å². The Bertz CT molecular complexity index is 2200. The van der Waals surface area contributed by atoms with E-state index in [4.69, 9.17) is 34.2 Å². The van der Waals surface area contributed by atoms with E-state index in [1.807, 2.05) is 19.9 Å². The number of primary amides is 1. The highest BCUT2D eigenvalue weighted by Gasteiger charge is 2.53. The van der Waals surface area contributed by atoms with Crippen molar-refractivity contribution in [3.63, 3.8) is 0 Å². The number of allylic oxidation sites excluding steroid dienone is 2. The van der Waals surface area contributed by atoms with Gasteiger partial charge in [-0.3, -0.25) is 9.59 Å². The van der Waals surface area contributed by atoms with Crippen LogP contribution in [0.4, 0.5) is 10.5 Å². The van der Waals surface area contributed by atoms with Gasteiger partial charge in [0, 0.05) is 43.8 Å². The van der Waals surface area contributed by atoms with Gasteiger partial charge in [0.1, 0.15) is 23.2 Å². The van der Waals surface area contributed by atoms with Crippen LogP contribution in [-0.4, -0.2) is 96.7 Å². The van der Waals surface area contributed by atoms with Crippen LogP contribution < -0.4 is 26.6 Å². The minimum absolute atomic E-state index is 0.00608. The van der Waals surface area contributed by atoms with E-state index < -0.39 is 75.2 Å². The number of hydrogen-bond acceptors (Lipinski definition) is 14. The Morgan fingerprint density at radius 1 is 1.11 bits per heavy atom. The van der Waals surface area contributed by atoms with Crippen molar-refractivity contribution in [3.05, 3.63) is 68.6 Å². The van der Waals surface area contributed by atoms with Gasteiger partial charge in [-0.25, -0.2) is 23.1 Å². The number of rotatable bonds is 14. The number of aliphatic hydroxyl groups excluding tert-OH is 1. The highest BCUT2D eigenvalue weighted by Crippen LogP contribution is 2.39. The second kappa shape index (κ2) is 17.3. The molecule has 0 spiro atoms. The van der Waals surface area contributed by atoms with Crippen LogP contribution in [0.15, 0.2) is 45.1 Å². The van der Waals surface area contributed by atoms with Crippen molar-refractivity contribution in [1.29, 1.82) is 0 Å². The number of benzene rings is 2. The molecule has 2 aromatic carbocycles. The summed E-state index contributed by atoms with van der Waals surface area (Å²) in [5.74, 6) is -2.38. The van der Waals surface area contributed by atoms with E-state index in [1.54, 1.807) is 13.8 Å². The Kier molecular flexibility index (Phi) is 13.4. The number of carbonyl (C=O) groups excluding carboxylic acids is 3. The molecular formula is C37H48N4O14S. The molecule has 19 heteroatoms. The van der Waals surface area contributed by atoms with Gasteiger partial charge < -0.3 is 54.6 Å². The monoisotopic (exact) mass is 804 g/mol. The molecule has 1 aliphatic rings. The number of nitrogens with one attached hydrogen (secondary N) is 1. The van der Waals surface area contributed by atoms with Crippen molar-refractivity contribution in [3.8, 4) is 17.2 Å². The second-order valence-corrected chi connectivity index (χ2v) is 16.0. The maximum absolute atomic E-state index is 13.7. The summed E-state index contributed by atoms with van der Waals surface area (Å²) in [5.41, 5.74) is 3.91. The summed E-state index contributed by atoms with van der Waals surface area (Å²) in [6.07, 6.45) is -4.43. The number of methoxy groups -OCH3 is 1. The third kappa shape index (κ3) is 10.1. The molecule has 1 aliphatic heterocycles. The summed E-state index contributed by atoms with van der Waals surface area (Å²) >= 11 is 0. The fourth-order valence-corrected chi connectivity index (χ4v) is 6.85. The van der Waals surface area contributed by atoms with E-state index in [2.05, 4.69) is 5.32 Å². The lowest BCUT2D eigenvalue weighted by Crippen LogP contribution is -2.65. The second-order valence-electron chi connectivity index (χ2n) is 14.2. The quantitative estimate of drug-likeness (QED) is 0.101. The van der Waals surface area contributed by atoms with Crippen molar-refractivity contribution in [2.75, 3.05) is 25.2 Å². The minimum atomic E-state index is -3.76. The van der Waals surface area contributed by atoms with Crippen LogP contribution in [0.3, 0.4) is 0 Å². The molecule has 4 atom stereocenters. The Morgan fingerprint density at radius 2 is 1.77 bits per heavy atom. The largest absolute Gasteiger partial charge is 0.507 e. The van der Waals surface area contributed by atoms with Gasteiger partial charge in [0.05, 0.1) is 16.7 Å². The van der Waals surface area contributed by atoms with Crippen LogP contribution in [0.25, 0.3) is 11.0 Å². The number of phenols is 1. The molecule has 0 saturated carbocycles. The van der Waals surface area contributed by atoms with Crippen LogP contribution in [-0.2, 0) is 42.0 Å². The van der Waals surface area contributed by atoms with Gasteiger partial charge >= 0.3 is 11.7 Å². The molecular weight excluding hydrogens is 756 g/mol. The normalized spacial score (nSPS) is 19.2. The molecule has 8 N–H and O–H groups in total. The van der Waals surface area contributed by atoms with Crippen molar-refractivity contribution in [1.82, 2.24) is 4.90 Å². The molecule has 4 rings (SSSR count). The lowest BCUT2D eigenvalue weighted by atomic mass is 9.89. The van der Waals surface area contributed by atoms with Gasteiger partial charge in [0.25, 0.3) is 5.91 Å². The first-order valence-electron chi connectivity index (χ1n) is 17.4. The Hall–Kier alpha value is -5.21. The molecule has 0 radical (unpaired) electrons. The molecule has 1 saturated heterocycles. The SMILES string of the molecule is CO[C@@H]1[C@@H](OC(N)=O)[C@@H](O)[C@H](Oc2ccc3c(O)c(NC(=O)c4cc(CC=C(C)C)c(O)c(CN(C)C(=O)CCCS(N)(=O)=O)c4)c(=O)oc3c2C)OC1(C)C. The van der Waals surface area contributed by atoms with Crippen LogP contribution >= 0.6 is 0 Å². The number of primary sulfonamides is 1. The number of phenolic OH excluding ortho intramolecular Hbond substituents is 1. The number of hydrogen-bond donors (Lipinski definition) is 6. The Labute approximate surface area is 323 Å². The lowest BCUT2D eigenvalue weighted by molar-refractivity contribution is -0.304. The number of fused-ring (bicyclic) bond motifs is 1.